The Morgan fingerprint density at radius 3 is 2.69 bits per heavy atom. The second-order valence-electron chi connectivity index (χ2n) is 10.4. The summed E-state index contributed by atoms with van der Waals surface area (Å²) < 4.78 is 0. The van der Waals surface area contributed by atoms with Crippen molar-refractivity contribution >= 4 is 22.8 Å². The van der Waals surface area contributed by atoms with Gasteiger partial charge in [-0.15, -0.1) is 0 Å². The molecule has 1 aromatic heterocycles. The molecule has 204 valence electrons. The summed E-state index contributed by atoms with van der Waals surface area (Å²) in [6, 6.07) is 17.5. The van der Waals surface area contributed by atoms with E-state index >= 15 is 0 Å². The lowest BCUT2D eigenvalue weighted by atomic mass is 9.77. The number of rotatable bonds is 13. The number of hydrogen-bond acceptors (Lipinski definition) is 2. The summed E-state index contributed by atoms with van der Waals surface area (Å²) in [5, 5.41) is 12.8. The van der Waals surface area contributed by atoms with Crippen molar-refractivity contribution in [2.24, 2.45) is 5.92 Å². The molecule has 0 fully saturated rings. The van der Waals surface area contributed by atoms with Crippen LogP contribution in [0.25, 0.3) is 10.9 Å². The highest BCUT2D eigenvalue weighted by Crippen LogP contribution is 2.40. The minimum Gasteiger partial charge on any atom is -0.481 e. The van der Waals surface area contributed by atoms with Crippen molar-refractivity contribution < 1.29 is 14.7 Å². The molecule has 1 heterocycles. The molecule has 1 aliphatic rings. The van der Waals surface area contributed by atoms with Crippen LogP contribution >= 0.6 is 0 Å². The highest BCUT2D eigenvalue weighted by Gasteiger charge is 2.26. The van der Waals surface area contributed by atoms with Crippen molar-refractivity contribution in [3.63, 3.8) is 0 Å². The van der Waals surface area contributed by atoms with Gasteiger partial charge in [0, 0.05) is 35.1 Å². The van der Waals surface area contributed by atoms with E-state index < -0.39 is 5.97 Å². The Labute approximate surface area is 231 Å². The fraction of sp³-hybridized carbons (Fsp3) is 0.353. The Morgan fingerprint density at radius 2 is 1.87 bits per heavy atom. The van der Waals surface area contributed by atoms with Gasteiger partial charge in [-0.1, -0.05) is 93.8 Å². The molecule has 0 bridgehead atoms. The summed E-state index contributed by atoms with van der Waals surface area (Å²) in [6.45, 7) is 4.64. The van der Waals surface area contributed by atoms with Crippen LogP contribution in [-0.4, -0.2) is 28.5 Å². The summed E-state index contributed by atoms with van der Waals surface area (Å²) >= 11 is 0. The van der Waals surface area contributed by atoms with Crippen molar-refractivity contribution in [2.75, 3.05) is 6.54 Å². The third-order valence-corrected chi connectivity index (χ3v) is 7.64. The van der Waals surface area contributed by atoms with Crippen LogP contribution in [0.2, 0.25) is 0 Å². The summed E-state index contributed by atoms with van der Waals surface area (Å²) in [4.78, 5) is 26.9. The number of carbonyl (C=O) groups is 2. The molecule has 3 N–H and O–H groups in total. The van der Waals surface area contributed by atoms with Gasteiger partial charge in [0.2, 0.25) is 0 Å². The molecule has 0 radical (unpaired) electrons. The second kappa shape index (κ2) is 13.8. The molecule has 1 aliphatic carbocycles. The van der Waals surface area contributed by atoms with Crippen LogP contribution in [0, 0.1) is 5.92 Å². The number of nitrogens with one attached hydrogen (secondary N) is 2. The van der Waals surface area contributed by atoms with Gasteiger partial charge in [0.25, 0.3) is 5.91 Å². The van der Waals surface area contributed by atoms with E-state index in [-0.39, 0.29) is 30.7 Å². The van der Waals surface area contributed by atoms with Crippen LogP contribution in [0.4, 0.5) is 0 Å². The Morgan fingerprint density at radius 1 is 1.03 bits per heavy atom. The number of para-hydroxylation sites is 1. The van der Waals surface area contributed by atoms with E-state index in [1.807, 2.05) is 12.2 Å². The number of unbranched alkanes of at least 4 members (excludes halogenated alkanes) is 3. The lowest BCUT2D eigenvalue weighted by molar-refractivity contribution is -0.136. The second-order valence-corrected chi connectivity index (χ2v) is 10.4. The van der Waals surface area contributed by atoms with Gasteiger partial charge >= 0.3 is 5.97 Å². The lowest BCUT2D eigenvalue weighted by Crippen LogP contribution is -2.26. The van der Waals surface area contributed by atoms with Gasteiger partial charge in [0.05, 0.1) is 6.42 Å². The molecule has 2 aromatic carbocycles. The summed E-state index contributed by atoms with van der Waals surface area (Å²) in [6.07, 6.45) is 16.8. The fourth-order valence-corrected chi connectivity index (χ4v) is 5.51. The Hall–Kier alpha value is -3.86. The van der Waals surface area contributed by atoms with Gasteiger partial charge in [0.1, 0.15) is 0 Å². The number of benzene rings is 2. The van der Waals surface area contributed by atoms with Crippen molar-refractivity contribution in [1.82, 2.24) is 10.3 Å². The predicted molar refractivity (Wildman–Crippen MR) is 159 cm³/mol. The van der Waals surface area contributed by atoms with Crippen molar-refractivity contribution in [3.05, 3.63) is 107 Å². The summed E-state index contributed by atoms with van der Waals surface area (Å²) in [5.41, 5.74) is 6.85. The highest BCUT2D eigenvalue weighted by molar-refractivity contribution is 5.96. The molecule has 5 nitrogen and oxygen atoms in total. The third-order valence-electron chi connectivity index (χ3n) is 7.64. The first-order chi connectivity index (χ1) is 19.0. The molecule has 0 saturated heterocycles. The molecule has 2 unspecified atom stereocenters. The number of allylic oxidation sites excluding steroid dienone is 4. The molecule has 0 saturated carbocycles. The van der Waals surface area contributed by atoms with Gasteiger partial charge in [-0.3, -0.25) is 9.59 Å². The number of aromatic amines is 1. The largest absolute Gasteiger partial charge is 0.481 e. The monoisotopic (exact) mass is 524 g/mol. The van der Waals surface area contributed by atoms with E-state index in [9.17, 15) is 9.59 Å². The Balaban J connectivity index is 1.61. The number of carboxylic acid groups (broad SMARTS) is 1. The van der Waals surface area contributed by atoms with Gasteiger partial charge in [-0.25, -0.2) is 0 Å². The predicted octanol–water partition coefficient (Wildman–Crippen LogP) is 7.46. The van der Waals surface area contributed by atoms with Crippen LogP contribution in [0.1, 0.15) is 75.0 Å². The molecule has 4 rings (SSSR count). The van der Waals surface area contributed by atoms with Crippen LogP contribution in [0.3, 0.4) is 0 Å². The molecular formula is C34H40N2O3. The van der Waals surface area contributed by atoms with E-state index in [2.05, 4.69) is 91.0 Å². The van der Waals surface area contributed by atoms with Crippen LogP contribution in [0.5, 0.6) is 0 Å². The molecular weight excluding hydrogens is 484 g/mol. The lowest BCUT2D eigenvalue weighted by Gasteiger charge is -2.26. The van der Waals surface area contributed by atoms with Crippen molar-refractivity contribution in [1.29, 1.82) is 0 Å². The Kier molecular flexibility index (Phi) is 9.96. The van der Waals surface area contributed by atoms with Crippen LogP contribution in [0.15, 0.2) is 90.2 Å². The van der Waals surface area contributed by atoms with E-state index in [1.54, 1.807) is 0 Å². The summed E-state index contributed by atoms with van der Waals surface area (Å²) in [7, 11) is 0. The minimum atomic E-state index is -0.924. The number of amides is 1. The fourth-order valence-electron chi connectivity index (χ4n) is 5.51. The molecule has 0 spiro atoms. The van der Waals surface area contributed by atoms with E-state index in [4.69, 9.17) is 5.11 Å². The average molecular weight is 525 g/mol. The topological polar surface area (TPSA) is 82.2 Å². The van der Waals surface area contributed by atoms with Gasteiger partial charge in [-0.05, 0) is 59.6 Å². The number of fused-ring (bicyclic) bond motifs is 1. The molecule has 2 atom stereocenters. The molecule has 39 heavy (non-hydrogen) atoms. The van der Waals surface area contributed by atoms with E-state index in [0.29, 0.717) is 12.0 Å². The number of H-pyrrole nitrogens is 1. The highest BCUT2D eigenvalue weighted by atomic mass is 16.4. The van der Waals surface area contributed by atoms with Gasteiger partial charge in [0.15, 0.2) is 0 Å². The zero-order chi connectivity index (χ0) is 27.6. The van der Waals surface area contributed by atoms with Crippen molar-refractivity contribution in [3.8, 4) is 0 Å². The first-order valence-electron chi connectivity index (χ1n) is 14.2. The van der Waals surface area contributed by atoms with Crippen molar-refractivity contribution in [2.45, 2.75) is 64.7 Å². The smallest absolute Gasteiger partial charge is 0.305 e. The first kappa shape index (κ1) is 28.2. The molecule has 3 aromatic rings. The maximum Gasteiger partial charge on any atom is 0.305 e. The van der Waals surface area contributed by atoms with Crippen LogP contribution in [-0.2, 0) is 16.0 Å². The number of aromatic nitrogens is 1. The van der Waals surface area contributed by atoms with Crippen LogP contribution < -0.4 is 5.32 Å². The van der Waals surface area contributed by atoms with E-state index in [0.717, 1.165) is 11.9 Å². The Bertz CT molecular complexity index is 1380. The molecule has 0 aliphatic heterocycles. The average Bonchev–Trinajstić information content (AvgIpc) is 3.19. The standard InChI is InChI=1S/C34H40N2O3/c1-3-4-5-6-11-25-12-9-15-28(22-25)33(30-23-36-31-17-8-7-16-29(30)31)24(2)26-13-10-14-27(19-18-26)34(39)35-21-20-32(37)38/h7-9,12-19,22-24,33,36H,3-6,10-11,20-21H2,1-2H3,(H,35,39)(H,37,38). The first-order valence-corrected chi connectivity index (χ1v) is 14.2. The number of aryl methyl sites for hydroxylation is 1. The van der Waals surface area contributed by atoms with Gasteiger partial charge in [-0.2, -0.15) is 0 Å². The molecule has 1 amide bonds. The van der Waals surface area contributed by atoms with Gasteiger partial charge < -0.3 is 15.4 Å². The quantitative estimate of drug-likeness (QED) is 0.203. The minimum absolute atomic E-state index is 0.0900. The molecule has 5 heteroatoms. The van der Waals surface area contributed by atoms with E-state index in [1.165, 1.54) is 53.3 Å². The normalized spacial score (nSPS) is 14.8. The summed E-state index contributed by atoms with van der Waals surface area (Å²) in [5.74, 6) is -0.859. The number of aliphatic carboxylic acids is 1. The number of carboxylic acids is 1. The number of hydrogen-bond donors (Lipinski definition) is 3. The number of carbonyl (C=O) groups excluding carboxylic acids is 1. The zero-order valence-electron chi connectivity index (χ0n) is 23.1. The zero-order valence-corrected chi connectivity index (χ0v) is 23.1. The maximum atomic E-state index is 12.6. The third kappa shape index (κ3) is 7.38. The SMILES string of the molecule is CCCCCCc1cccc(C(c2c[nH]c3ccccc23)C(C)C2=CCC=C(C(=O)NCCC(=O)O)C=C2)c1. The maximum absolute atomic E-state index is 12.6.